The summed E-state index contributed by atoms with van der Waals surface area (Å²) in [5.41, 5.74) is 3.80. The van der Waals surface area contributed by atoms with E-state index in [1.807, 2.05) is 84.9 Å². The zero-order valence-electron chi connectivity index (χ0n) is 18.0. The lowest BCUT2D eigenvalue weighted by Crippen LogP contribution is -2.30. The second kappa shape index (κ2) is 8.22. The maximum atomic E-state index is 9.95. The first-order valence-corrected chi connectivity index (χ1v) is 10.9. The van der Waals surface area contributed by atoms with Gasteiger partial charge in [-0.05, 0) is 6.07 Å². The number of para-hydroxylation sites is 1. The number of benzene rings is 4. The maximum absolute atomic E-state index is 9.95. The quantitative estimate of drug-likeness (QED) is 0.391. The molecule has 0 aliphatic rings. The first-order valence-electron chi connectivity index (χ1n) is 10.9. The van der Waals surface area contributed by atoms with Crippen molar-refractivity contribution >= 4 is 34.5 Å². The van der Waals surface area contributed by atoms with E-state index in [9.17, 15) is 10.0 Å². The van der Waals surface area contributed by atoms with E-state index >= 15 is 0 Å². The molecular weight excluding hydrogens is 425 g/mol. The van der Waals surface area contributed by atoms with Gasteiger partial charge in [0, 0.05) is 32.9 Å². The monoisotopic (exact) mass is 443 g/mol. The third kappa shape index (κ3) is 3.44. The van der Waals surface area contributed by atoms with E-state index in [1.165, 1.54) is 0 Å². The van der Waals surface area contributed by atoms with Crippen molar-refractivity contribution in [3.8, 4) is 34.2 Å². The molecule has 0 spiro atoms. The number of rotatable bonds is 4. The van der Waals surface area contributed by atoms with Gasteiger partial charge in [-0.25, -0.2) is 15.0 Å². The van der Waals surface area contributed by atoms with E-state index in [4.69, 9.17) is 19.4 Å². The Morgan fingerprint density at radius 2 is 1.15 bits per heavy atom. The molecule has 0 radical (unpaired) electrons. The van der Waals surface area contributed by atoms with Crippen LogP contribution in [-0.4, -0.2) is 32.1 Å². The Labute approximate surface area is 195 Å². The van der Waals surface area contributed by atoms with Crippen LogP contribution in [0.15, 0.2) is 101 Å². The lowest BCUT2D eigenvalue weighted by molar-refractivity contribution is 0.425. The third-order valence-electron chi connectivity index (χ3n) is 5.78. The Balaban J connectivity index is 1.67. The van der Waals surface area contributed by atoms with Gasteiger partial charge in [0.1, 0.15) is 11.2 Å². The van der Waals surface area contributed by atoms with Gasteiger partial charge in [-0.3, -0.25) is 0 Å². The minimum absolute atomic E-state index is 0.288. The van der Waals surface area contributed by atoms with Gasteiger partial charge in [-0.1, -0.05) is 91.0 Å². The molecule has 0 atom stereocenters. The molecule has 0 saturated carbocycles. The van der Waals surface area contributed by atoms with Crippen LogP contribution < -0.4 is 5.46 Å². The van der Waals surface area contributed by atoms with E-state index in [1.54, 1.807) is 12.1 Å². The van der Waals surface area contributed by atoms with Gasteiger partial charge >= 0.3 is 7.12 Å². The fourth-order valence-electron chi connectivity index (χ4n) is 4.17. The van der Waals surface area contributed by atoms with Crippen LogP contribution in [0, 0.1) is 0 Å². The predicted molar refractivity (Wildman–Crippen MR) is 133 cm³/mol. The molecular formula is C27H18BN3O3. The predicted octanol–water partition coefficient (Wildman–Crippen LogP) is 4.45. The summed E-state index contributed by atoms with van der Waals surface area (Å²) >= 11 is 0. The molecule has 2 heterocycles. The van der Waals surface area contributed by atoms with E-state index < -0.39 is 7.12 Å². The first kappa shape index (κ1) is 20.3. The Morgan fingerprint density at radius 3 is 1.76 bits per heavy atom. The van der Waals surface area contributed by atoms with Gasteiger partial charge < -0.3 is 14.5 Å². The molecule has 0 unspecified atom stereocenters. The van der Waals surface area contributed by atoms with Crippen LogP contribution in [0.3, 0.4) is 0 Å². The summed E-state index contributed by atoms with van der Waals surface area (Å²) in [6.07, 6.45) is 0. The molecule has 162 valence electrons. The highest BCUT2D eigenvalue weighted by atomic mass is 16.4. The second-order valence-corrected chi connectivity index (χ2v) is 7.92. The van der Waals surface area contributed by atoms with Gasteiger partial charge in [-0.2, -0.15) is 0 Å². The third-order valence-corrected chi connectivity index (χ3v) is 5.78. The van der Waals surface area contributed by atoms with E-state index in [2.05, 4.69) is 0 Å². The zero-order valence-corrected chi connectivity index (χ0v) is 18.0. The van der Waals surface area contributed by atoms with E-state index in [-0.39, 0.29) is 5.46 Å². The topological polar surface area (TPSA) is 92.3 Å². The average Bonchev–Trinajstić information content (AvgIpc) is 3.28. The Morgan fingerprint density at radius 1 is 0.588 bits per heavy atom. The fraction of sp³-hybridized carbons (Fsp3) is 0. The summed E-state index contributed by atoms with van der Waals surface area (Å²) in [5.74, 6) is 1.58. The molecule has 2 aromatic heterocycles. The summed E-state index contributed by atoms with van der Waals surface area (Å²) in [5, 5.41) is 21.5. The Hall–Kier alpha value is -4.33. The van der Waals surface area contributed by atoms with Gasteiger partial charge in [0.25, 0.3) is 0 Å². The molecule has 2 N–H and O–H groups in total. The molecule has 0 saturated heterocycles. The van der Waals surface area contributed by atoms with E-state index in [0.29, 0.717) is 28.6 Å². The number of fused-ring (bicyclic) bond motifs is 3. The van der Waals surface area contributed by atoms with Crippen molar-refractivity contribution in [3.05, 3.63) is 97.1 Å². The van der Waals surface area contributed by atoms with Gasteiger partial charge in [0.05, 0.1) is 0 Å². The van der Waals surface area contributed by atoms with Gasteiger partial charge in [0.2, 0.25) is 0 Å². The minimum Gasteiger partial charge on any atom is -0.456 e. The highest BCUT2D eigenvalue weighted by molar-refractivity contribution is 6.62. The lowest BCUT2D eigenvalue weighted by Gasteiger charge is -2.10. The molecule has 0 aliphatic heterocycles. The Kier molecular flexibility index (Phi) is 4.91. The van der Waals surface area contributed by atoms with Gasteiger partial charge in [0.15, 0.2) is 17.5 Å². The molecule has 0 aliphatic carbocycles. The molecule has 7 heteroatoms. The molecule has 34 heavy (non-hydrogen) atoms. The number of aromatic nitrogens is 3. The van der Waals surface area contributed by atoms with Crippen molar-refractivity contribution < 1.29 is 14.5 Å². The molecule has 6 rings (SSSR count). The number of hydrogen-bond acceptors (Lipinski definition) is 6. The highest BCUT2D eigenvalue weighted by Crippen LogP contribution is 2.35. The molecule has 4 aromatic carbocycles. The van der Waals surface area contributed by atoms with Crippen LogP contribution >= 0.6 is 0 Å². The number of furan rings is 1. The molecule has 0 bridgehead atoms. The fourth-order valence-corrected chi connectivity index (χ4v) is 4.17. The van der Waals surface area contributed by atoms with Crippen molar-refractivity contribution in [1.82, 2.24) is 15.0 Å². The van der Waals surface area contributed by atoms with Crippen molar-refractivity contribution in [2.75, 3.05) is 0 Å². The minimum atomic E-state index is -1.67. The van der Waals surface area contributed by atoms with Crippen LogP contribution in [0.25, 0.3) is 56.1 Å². The summed E-state index contributed by atoms with van der Waals surface area (Å²) < 4.78 is 6.05. The Bertz CT molecular complexity index is 1580. The van der Waals surface area contributed by atoms with Crippen LogP contribution in [-0.2, 0) is 0 Å². The first-order chi connectivity index (χ1) is 16.7. The van der Waals surface area contributed by atoms with Crippen LogP contribution in [0.2, 0.25) is 0 Å². The number of nitrogens with zero attached hydrogens (tertiary/aromatic N) is 3. The van der Waals surface area contributed by atoms with Crippen molar-refractivity contribution in [2.24, 2.45) is 0 Å². The van der Waals surface area contributed by atoms with Crippen LogP contribution in [0.1, 0.15) is 0 Å². The summed E-state index contributed by atoms with van der Waals surface area (Å²) in [4.78, 5) is 14.4. The second-order valence-electron chi connectivity index (χ2n) is 7.92. The SMILES string of the molecule is OB(O)c1ccc(-c2nc(-c3ccccc3)nc(-c3ccccc3)n2)c2c1oc1ccccc12. The zero-order chi connectivity index (χ0) is 23.1. The molecule has 0 fully saturated rings. The van der Waals surface area contributed by atoms with E-state index in [0.717, 1.165) is 27.5 Å². The van der Waals surface area contributed by atoms with Crippen molar-refractivity contribution in [1.29, 1.82) is 0 Å². The van der Waals surface area contributed by atoms with Crippen molar-refractivity contribution in [2.45, 2.75) is 0 Å². The highest BCUT2D eigenvalue weighted by Gasteiger charge is 2.24. The average molecular weight is 443 g/mol. The van der Waals surface area contributed by atoms with Crippen molar-refractivity contribution in [3.63, 3.8) is 0 Å². The normalized spacial score (nSPS) is 11.2. The summed E-state index contributed by atoms with van der Waals surface area (Å²) in [7, 11) is -1.67. The maximum Gasteiger partial charge on any atom is 0.492 e. The largest absolute Gasteiger partial charge is 0.492 e. The summed E-state index contributed by atoms with van der Waals surface area (Å²) in [6.45, 7) is 0. The summed E-state index contributed by atoms with van der Waals surface area (Å²) in [6, 6.07) is 30.5. The molecule has 0 amide bonds. The van der Waals surface area contributed by atoms with Crippen LogP contribution in [0.4, 0.5) is 0 Å². The molecule has 6 nitrogen and oxygen atoms in total. The van der Waals surface area contributed by atoms with Crippen LogP contribution in [0.5, 0.6) is 0 Å². The molecule has 6 aromatic rings. The standard InChI is InChI=1S/C27H18BN3O3/c32-28(33)21-16-15-20(23-19-13-7-8-14-22(19)34-24(21)23)27-30-25(17-9-3-1-4-10-17)29-26(31-27)18-11-5-2-6-12-18/h1-16,32-33H. The number of hydrogen-bond donors (Lipinski definition) is 2. The van der Waals surface area contributed by atoms with Gasteiger partial charge in [-0.15, -0.1) is 0 Å². The smallest absolute Gasteiger partial charge is 0.456 e. The lowest BCUT2D eigenvalue weighted by atomic mass is 9.78.